The third kappa shape index (κ3) is 3.00. The number of hydrogen-bond donors (Lipinski definition) is 2. The maximum Gasteiger partial charge on any atom is 0.326 e. The standard InChI is InChI=1S/C10H10Cl2FNO2/c1-2-8(10(15)16)14-5-3-6(11)9(13)7(12)4-5/h3-4,8,14H,2H2,1H3,(H,15,16). The van der Waals surface area contributed by atoms with Crippen LogP contribution < -0.4 is 5.32 Å². The number of aliphatic carboxylic acids is 1. The third-order valence-corrected chi connectivity index (χ3v) is 2.58. The topological polar surface area (TPSA) is 49.3 Å². The molecule has 2 N–H and O–H groups in total. The molecule has 1 unspecified atom stereocenters. The van der Waals surface area contributed by atoms with Gasteiger partial charge in [-0.25, -0.2) is 9.18 Å². The van der Waals surface area contributed by atoms with Crippen LogP contribution in [0.5, 0.6) is 0 Å². The molecule has 1 aromatic rings. The summed E-state index contributed by atoms with van der Waals surface area (Å²) in [4.78, 5) is 10.8. The van der Waals surface area contributed by atoms with E-state index in [1.54, 1.807) is 6.92 Å². The highest BCUT2D eigenvalue weighted by molar-refractivity contribution is 6.35. The lowest BCUT2D eigenvalue weighted by atomic mass is 10.2. The average molecular weight is 266 g/mol. The molecule has 88 valence electrons. The van der Waals surface area contributed by atoms with Crippen molar-refractivity contribution in [1.82, 2.24) is 0 Å². The number of benzene rings is 1. The normalized spacial score (nSPS) is 12.2. The zero-order chi connectivity index (χ0) is 12.3. The molecular formula is C10H10Cl2FNO2. The molecule has 0 saturated heterocycles. The van der Waals surface area contributed by atoms with Crippen LogP contribution in [0, 0.1) is 5.82 Å². The fourth-order valence-electron chi connectivity index (χ4n) is 1.18. The maximum absolute atomic E-state index is 13.1. The molecule has 6 heteroatoms. The van der Waals surface area contributed by atoms with Gasteiger partial charge >= 0.3 is 5.97 Å². The van der Waals surface area contributed by atoms with Crippen LogP contribution >= 0.6 is 23.2 Å². The Kier molecular flexibility index (Phi) is 4.38. The molecule has 3 nitrogen and oxygen atoms in total. The van der Waals surface area contributed by atoms with Crippen molar-refractivity contribution in [2.24, 2.45) is 0 Å². The van der Waals surface area contributed by atoms with Crippen molar-refractivity contribution in [2.75, 3.05) is 5.32 Å². The van der Waals surface area contributed by atoms with E-state index >= 15 is 0 Å². The van der Waals surface area contributed by atoms with Gasteiger partial charge in [0.05, 0.1) is 10.0 Å². The first-order chi connectivity index (χ1) is 7.45. The number of halogens is 3. The van der Waals surface area contributed by atoms with Crippen LogP contribution in [-0.4, -0.2) is 17.1 Å². The van der Waals surface area contributed by atoms with Gasteiger partial charge in [0.2, 0.25) is 0 Å². The van der Waals surface area contributed by atoms with E-state index < -0.39 is 17.8 Å². The summed E-state index contributed by atoms with van der Waals surface area (Å²) in [6, 6.07) is 1.85. The molecule has 0 amide bonds. The molecule has 0 spiro atoms. The van der Waals surface area contributed by atoms with Gasteiger partial charge in [-0.1, -0.05) is 30.1 Å². The lowest BCUT2D eigenvalue weighted by Gasteiger charge is -2.14. The van der Waals surface area contributed by atoms with Gasteiger partial charge < -0.3 is 10.4 Å². The Morgan fingerprint density at radius 3 is 2.38 bits per heavy atom. The van der Waals surface area contributed by atoms with E-state index in [0.29, 0.717) is 12.1 Å². The van der Waals surface area contributed by atoms with Crippen LogP contribution in [0.2, 0.25) is 10.0 Å². The van der Waals surface area contributed by atoms with Crippen LogP contribution in [0.15, 0.2) is 12.1 Å². The van der Waals surface area contributed by atoms with Crippen LogP contribution in [0.1, 0.15) is 13.3 Å². The van der Waals surface area contributed by atoms with Gasteiger partial charge in [-0.3, -0.25) is 0 Å². The van der Waals surface area contributed by atoms with Crippen molar-refractivity contribution in [3.05, 3.63) is 28.0 Å². The molecule has 0 saturated carbocycles. The van der Waals surface area contributed by atoms with Crippen LogP contribution in [0.3, 0.4) is 0 Å². The summed E-state index contributed by atoms with van der Waals surface area (Å²) in [6.45, 7) is 1.72. The Balaban J connectivity index is 2.93. The maximum atomic E-state index is 13.1. The minimum absolute atomic E-state index is 0.143. The fraction of sp³-hybridized carbons (Fsp3) is 0.300. The number of rotatable bonds is 4. The van der Waals surface area contributed by atoms with Crippen LogP contribution in [-0.2, 0) is 4.79 Å². The number of carboxylic acids is 1. The smallest absolute Gasteiger partial charge is 0.326 e. The molecule has 0 fully saturated rings. The minimum Gasteiger partial charge on any atom is -0.480 e. The molecule has 16 heavy (non-hydrogen) atoms. The van der Waals surface area contributed by atoms with Gasteiger partial charge in [-0.2, -0.15) is 0 Å². The van der Waals surface area contributed by atoms with Gasteiger partial charge in [0.25, 0.3) is 0 Å². The van der Waals surface area contributed by atoms with Crippen LogP contribution in [0.4, 0.5) is 10.1 Å². The average Bonchev–Trinajstić information content (AvgIpc) is 2.21. The number of hydrogen-bond acceptors (Lipinski definition) is 2. The number of carboxylic acid groups (broad SMARTS) is 1. The van der Waals surface area contributed by atoms with Crippen molar-refractivity contribution in [2.45, 2.75) is 19.4 Å². The second kappa shape index (κ2) is 5.37. The second-order valence-electron chi connectivity index (χ2n) is 3.20. The van der Waals surface area contributed by atoms with E-state index in [9.17, 15) is 9.18 Å². The fourth-order valence-corrected chi connectivity index (χ4v) is 1.67. The first kappa shape index (κ1) is 13.1. The highest BCUT2D eigenvalue weighted by Gasteiger charge is 2.16. The molecule has 1 rings (SSSR count). The van der Waals surface area contributed by atoms with Gasteiger partial charge in [0.1, 0.15) is 6.04 Å². The predicted octanol–water partition coefficient (Wildman–Crippen LogP) is 3.41. The van der Waals surface area contributed by atoms with Crippen molar-refractivity contribution in [1.29, 1.82) is 0 Å². The molecule has 0 aromatic heterocycles. The monoisotopic (exact) mass is 265 g/mol. The molecule has 0 bridgehead atoms. The SMILES string of the molecule is CCC(Nc1cc(Cl)c(F)c(Cl)c1)C(=O)O. The first-order valence-electron chi connectivity index (χ1n) is 4.59. The predicted molar refractivity (Wildman–Crippen MR) is 61.8 cm³/mol. The van der Waals surface area contributed by atoms with Crippen LogP contribution in [0.25, 0.3) is 0 Å². The molecule has 1 aromatic carbocycles. The van der Waals surface area contributed by atoms with Gasteiger partial charge in [0.15, 0.2) is 5.82 Å². The van der Waals surface area contributed by atoms with E-state index in [1.807, 2.05) is 0 Å². The zero-order valence-corrected chi connectivity index (χ0v) is 9.94. The molecule has 0 aliphatic carbocycles. The van der Waals surface area contributed by atoms with Gasteiger partial charge in [0, 0.05) is 5.69 Å². The highest BCUT2D eigenvalue weighted by Crippen LogP contribution is 2.27. The summed E-state index contributed by atoms with van der Waals surface area (Å²) in [5.74, 6) is -1.70. The van der Waals surface area contributed by atoms with E-state index in [2.05, 4.69) is 5.32 Å². The Labute approximate surface area is 102 Å². The Morgan fingerprint density at radius 2 is 2.00 bits per heavy atom. The lowest BCUT2D eigenvalue weighted by Crippen LogP contribution is -2.28. The second-order valence-corrected chi connectivity index (χ2v) is 4.01. The summed E-state index contributed by atoms with van der Waals surface area (Å²) in [5, 5.41) is 11.2. The van der Waals surface area contributed by atoms with Crippen molar-refractivity contribution >= 4 is 34.9 Å². The van der Waals surface area contributed by atoms with E-state index in [0.717, 1.165) is 0 Å². The molecule has 0 aliphatic rings. The zero-order valence-electron chi connectivity index (χ0n) is 8.43. The van der Waals surface area contributed by atoms with E-state index in [1.165, 1.54) is 12.1 Å². The Morgan fingerprint density at radius 1 is 1.50 bits per heavy atom. The minimum atomic E-state index is -0.987. The van der Waals surface area contributed by atoms with Gasteiger partial charge in [-0.05, 0) is 18.6 Å². The summed E-state index contributed by atoms with van der Waals surface area (Å²) in [7, 11) is 0. The molecule has 0 aliphatic heterocycles. The van der Waals surface area contributed by atoms with Gasteiger partial charge in [-0.15, -0.1) is 0 Å². The molecular weight excluding hydrogens is 256 g/mol. The Hall–Kier alpha value is -1.00. The quantitative estimate of drug-likeness (QED) is 0.821. The number of carbonyl (C=O) groups is 1. The summed E-state index contributed by atoms with van der Waals surface area (Å²) >= 11 is 11.2. The number of anilines is 1. The number of nitrogens with one attached hydrogen (secondary N) is 1. The lowest BCUT2D eigenvalue weighted by molar-refractivity contribution is -0.137. The molecule has 1 atom stereocenters. The summed E-state index contributed by atoms with van der Waals surface area (Å²) in [6.07, 6.45) is 0.391. The van der Waals surface area contributed by atoms with Crippen molar-refractivity contribution in [3.8, 4) is 0 Å². The highest BCUT2D eigenvalue weighted by atomic mass is 35.5. The van der Waals surface area contributed by atoms with Crippen molar-refractivity contribution < 1.29 is 14.3 Å². The summed E-state index contributed by atoms with van der Waals surface area (Å²) in [5.41, 5.74) is 0.380. The third-order valence-electron chi connectivity index (χ3n) is 2.03. The summed E-state index contributed by atoms with van der Waals surface area (Å²) < 4.78 is 13.1. The van der Waals surface area contributed by atoms with Crippen molar-refractivity contribution in [3.63, 3.8) is 0 Å². The Bertz CT molecular complexity index is 389. The first-order valence-corrected chi connectivity index (χ1v) is 5.35. The largest absolute Gasteiger partial charge is 0.480 e. The molecule has 0 radical (unpaired) electrons. The molecule has 0 heterocycles. The van der Waals surface area contributed by atoms with E-state index in [-0.39, 0.29) is 10.0 Å². The van der Waals surface area contributed by atoms with E-state index in [4.69, 9.17) is 28.3 Å².